The summed E-state index contributed by atoms with van der Waals surface area (Å²) < 4.78 is 72.8. The summed E-state index contributed by atoms with van der Waals surface area (Å²) in [5.41, 5.74) is 1.89. The summed E-state index contributed by atoms with van der Waals surface area (Å²) in [6.07, 6.45) is -11.0. The lowest BCUT2D eigenvalue weighted by atomic mass is 9.98. The quantitative estimate of drug-likeness (QED) is 0.104. The van der Waals surface area contributed by atoms with Gasteiger partial charge in [0.05, 0.1) is 30.6 Å². The first-order valence-corrected chi connectivity index (χ1v) is 14.4. The van der Waals surface area contributed by atoms with Crippen LogP contribution in [0, 0.1) is 0 Å². The van der Waals surface area contributed by atoms with E-state index in [0.29, 0.717) is 5.56 Å². The third-order valence-electron chi connectivity index (χ3n) is 7.01. The first kappa shape index (κ1) is 31.9. The highest BCUT2D eigenvalue weighted by atomic mass is 19.4. The van der Waals surface area contributed by atoms with Crippen LogP contribution in [0.25, 0.3) is 0 Å². The van der Waals surface area contributed by atoms with E-state index in [1.54, 1.807) is 55.5 Å². The number of nitrogens with zero attached hydrogens (tertiary/aromatic N) is 1. The van der Waals surface area contributed by atoms with Crippen LogP contribution in [0.2, 0.25) is 0 Å². The minimum atomic E-state index is -4.95. The summed E-state index contributed by atoms with van der Waals surface area (Å²) in [6, 6.07) is 34.3. The molecule has 0 aliphatic carbocycles. The molecule has 1 saturated heterocycles. The fraction of sp³-hybridized carbons (Fsp3) is 0.257. The molecule has 1 aliphatic rings. The molecule has 5 atom stereocenters. The van der Waals surface area contributed by atoms with Gasteiger partial charge in [0.25, 0.3) is 5.90 Å². The number of benzene rings is 4. The van der Waals surface area contributed by atoms with E-state index in [1.165, 1.54) is 12.1 Å². The molecule has 0 saturated carbocycles. The van der Waals surface area contributed by atoms with Crippen molar-refractivity contribution in [3.05, 3.63) is 138 Å². The van der Waals surface area contributed by atoms with Gasteiger partial charge in [-0.15, -0.1) is 0 Å². The van der Waals surface area contributed by atoms with Crippen molar-refractivity contribution >= 4 is 17.6 Å². The molecule has 0 radical (unpaired) electrons. The fourth-order valence-electron chi connectivity index (χ4n) is 4.78. The summed E-state index contributed by atoms with van der Waals surface area (Å²) in [7, 11) is 0. The third-order valence-corrected chi connectivity index (χ3v) is 7.01. The number of aliphatic imine (C=N–C) groups is 1. The molecular weight excluding hydrogens is 587 g/mol. The van der Waals surface area contributed by atoms with Crippen molar-refractivity contribution in [1.29, 1.82) is 0 Å². The smallest absolute Gasteiger partial charge is 0.453 e. The highest BCUT2D eigenvalue weighted by Gasteiger charge is 2.52. The Morgan fingerprint density at radius 2 is 1.18 bits per heavy atom. The van der Waals surface area contributed by atoms with Gasteiger partial charge >= 0.3 is 12.1 Å². The van der Waals surface area contributed by atoms with E-state index in [0.717, 1.165) is 11.1 Å². The number of esters is 1. The van der Waals surface area contributed by atoms with Crippen LogP contribution in [0.3, 0.4) is 0 Å². The maximum atomic E-state index is 14.3. The highest BCUT2D eigenvalue weighted by molar-refractivity contribution is 5.89. The average molecular weight is 620 g/mol. The van der Waals surface area contributed by atoms with Crippen molar-refractivity contribution in [3.8, 4) is 0 Å². The van der Waals surface area contributed by atoms with Gasteiger partial charge in [0.15, 0.2) is 6.10 Å². The molecule has 0 aromatic heterocycles. The molecule has 5 rings (SSSR count). The van der Waals surface area contributed by atoms with Crippen LogP contribution < -0.4 is 0 Å². The standard InChI is InChI=1S/C35H32F3NO6/c1-24-29(44-32(40)27-18-10-4-11-19-27)30(41-22-25-14-6-2-7-15-25)31(42-23-26-16-8-3-9-17-26)33(43-24)45-34(35(36,37)38)39-28-20-12-5-13-21-28/h2-21,24,29-31,33H,22-23H2,1H3/t24-,29+,30+,31-,33-/m0/s1. The van der Waals surface area contributed by atoms with Crippen LogP contribution >= 0.6 is 0 Å². The molecule has 1 aliphatic heterocycles. The molecule has 7 nitrogen and oxygen atoms in total. The lowest BCUT2D eigenvalue weighted by molar-refractivity contribution is -0.298. The number of rotatable bonds is 10. The monoisotopic (exact) mass is 619 g/mol. The molecule has 1 heterocycles. The summed E-state index contributed by atoms with van der Waals surface area (Å²) in [5, 5.41) is 0. The van der Waals surface area contributed by atoms with Crippen LogP contribution in [0.5, 0.6) is 0 Å². The van der Waals surface area contributed by atoms with Crippen LogP contribution in [-0.4, -0.2) is 48.7 Å². The fourth-order valence-corrected chi connectivity index (χ4v) is 4.78. The summed E-state index contributed by atoms with van der Waals surface area (Å²) in [4.78, 5) is 16.9. The SMILES string of the molecule is C[C@@H]1O[C@@H](OC(=Nc2ccccc2)C(F)(F)F)[C@@H](OCc2ccccc2)[C@H](OCc2ccccc2)[C@@H]1OC(=O)c1ccccc1. The Morgan fingerprint density at radius 1 is 0.689 bits per heavy atom. The Kier molecular flexibility index (Phi) is 10.6. The van der Waals surface area contributed by atoms with Crippen molar-refractivity contribution in [2.24, 2.45) is 4.99 Å². The number of carbonyl (C=O) groups is 1. The molecule has 0 N–H and O–H groups in total. The molecule has 4 aromatic rings. The number of halogens is 3. The average Bonchev–Trinajstić information content (AvgIpc) is 3.05. The van der Waals surface area contributed by atoms with Gasteiger partial charge in [-0.3, -0.25) is 0 Å². The van der Waals surface area contributed by atoms with Gasteiger partial charge in [0, 0.05) is 0 Å². The number of hydrogen-bond acceptors (Lipinski definition) is 7. The topological polar surface area (TPSA) is 75.6 Å². The molecular formula is C35H32F3NO6. The summed E-state index contributed by atoms with van der Waals surface area (Å²) >= 11 is 0. The zero-order chi connectivity index (χ0) is 31.6. The maximum absolute atomic E-state index is 14.3. The zero-order valence-electron chi connectivity index (χ0n) is 24.4. The second-order valence-corrected chi connectivity index (χ2v) is 10.3. The molecule has 0 spiro atoms. The van der Waals surface area contributed by atoms with Gasteiger partial charge in [0.1, 0.15) is 12.2 Å². The van der Waals surface area contributed by atoms with E-state index in [2.05, 4.69) is 4.99 Å². The molecule has 234 valence electrons. The van der Waals surface area contributed by atoms with Gasteiger partial charge in [-0.25, -0.2) is 9.79 Å². The van der Waals surface area contributed by atoms with Crippen molar-refractivity contribution in [3.63, 3.8) is 0 Å². The van der Waals surface area contributed by atoms with Crippen LogP contribution in [0.4, 0.5) is 18.9 Å². The second-order valence-electron chi connectivity index (χ2n) is 10.3. The van der Waals surface area contributed by atoms with Gasteiger partial charge in [-0.05, 0) is 42.3 Å². The minimum Gasteiger partial charge on any atom is -0.453 e. The van der Waals surface area contributed by atoms with E-state index < -0.39 is 48.7 Å². The van der Waals surface area contributed by atoms with Crippen LogP contribution in [-0.2, 0) is 36.9 Å². The highest BCUT2D eigenvalue weighted by Crippen LogP contribution is 2.33. The normalized spacial score (nSPS) is 22.0. The van der Waals surface area contributed by atoms with E-state index in [1.807, 2.05) is 60.7 Å². The van der Waals surface area contributed by atoms with E-state index in [4.69, 9.17) is 23.7 Å². The number of carbonyl (C=O) groups excluding carboxylic acids is 1. The minimum absolute atomic E-state index is 0.00909. The van der Waals surface area contributed by atoms with E-state index in [-0.39, 0.29) is 18.9 Å². The van der Waals surface area contributed by atoms with E-state index >= 15 is 0 Å². The molecule has 45 heavy (non-hydrogen) atoms. The van der Waals surface area contributed by atoms with Gasteiger partial charge in [-0.1, -0.05) is 97.1 Å². The van der Waals surface area contributed by atoms with Gasteiger partial charge in [0.2, 0.25) is 6.29 Å². The van der Waals surface area contributed by atoms with Crippen molar-refractivity contribution in [2.45, 2.75) is 57.0 Å². The Balaban J connectivity index is 1.50. The molecule has 1 fully saturated rings. The Hall–Kier alpha value is -4.51. The van der Waals surface area contributed by atoms with Crippen molar-refractivity contribution in [2.75, 3.05) is 0 Å². The number of ether oxygens (including phenoxy) is 5. The Labute approximate surface area is 259 Å². The molecule has 4 aromatic carbocycles. The number of alkyl halides is 3. The zero-order valence-corrected chi connectivity index (χ0v) is 24.4. The third kappa shape index (κ3) is 8.78. The maximum Gasteiger partial charge on any atom is 0.468 e. The Bertz CT molecular complexity index is 1520. The molecule has 0 unspecified atom stereocenters. The molecule has 0 bridgehead atoms. The first-order chi connectivity index (χ1) is 21.8. The lowest BCUT2D eigenvalue weighted by Crippen LogP contribution is -2.61. The van der Waals surface area contributed by atoms with Crippen LogP contribution in [0.1, 0.15) is 28.4 Å². The van der Waals surface area contributed by atoms with Crippen molar-refractivity contribution < 1.29 is 41.7 Å². The van der Waals surface area contributed by atoms with Crippen LogP contribution in [0.15, 0.2) is 126 Å². The predicted molar refractivity (Wildman–Crippen MR) is 161 cm³/mol. The summed E-state index contributed by atoms with van der Waals surface area (Å²) in [5.74, 6) is -2.16. The predicted octanol–water partition coefficient (Wildman–Crippen LogP) is 7.44. The van der Waals surface area contributed by atoms with Crippen molar-refractivity contribution in [1.82, 2.24) is 0 Å². The van der Waals surface area contributed by atoms with Gasteiger partial charge < -0.3 is 23.7 Å². The largest absolute Gasteiger partial charge is 0.468 e. The molecule has 0 amide bonds. The lowest BCUT2D eigenvalue weighted by Gasteiger charge is -2.44. The van der Waals surface area contributed by atoms with E-state index in [9.17, 15) is 18.0 Å². The number of hydrogen-bond donors (Lipinski definition) is 0. The van der Waals surface area contributed by atoms with Gasteiger partial charge in [-0.2, -0.15) is 13.2 Å². The molecule has 10 heteroatoms. The second kappa shape index (κ2) is 15.0. The summed E-state index contributed by atoms with van der Waals surface area (Å²) in [6.45, 7) is 1.62. The first-order valence-electron chi connectivity index (χ1n) is 14.4. The Morgan fingerprint density at radius 3 is 1.71 bits per heavy atom. The number of para-hydroxylation sites is 1.